The summed E-state index contributed by atoms with van der Waals surface area (Å²) >= 11 is 0. The fraction of sp³-hybridized carbons (Fsp3) is 0.947. The lowest BCUT2D eigenvalue weighted by atomic mass is 10.0. The first-order chi connectivity index (χ1) is 23.6. The number of hydrogen-bond acceptors (Lipinski definition) is 8. The molecule has 0 saturated carbocycles. The summed E-state index contributed by atoms with van der Waals surface area (Å²) in [6.45, 7) is 2.71. The quantitative estimate of drug-likeness (QED) is 0.0276. The highest BCUT2D eigenvalue weighted by Gasteiger charge is 2.37. The fourth-order valence-corrected chi connectivity index (χ4v) is 6.74. The molecular formula is C38H75O10P. The van der Waals surface area contributed by atoms with Crippen LogP contribution in [-0.2, 0) is 28.4 Å². The maximum atomic E-state index is 12.6. The summed E-state index contributed by atoms with van der Waals surface area (Å²) < 4.78 is 27.8. The van der Waals surface area contributed by atoms with Crippen LogP contribution in [0.2, 0.25) is 0 Å². The van der Waals surface area contributed by atoms with Crippen molar-refractivity contribution < 1.29 is 48.4 Å². The molecule has 3 atom stereocenters. The number of aliphatic hydroxyl groups is 2. The van der Waals surface area contributed by atoms with Gasteiger partial charge < -0.3 is 34.2 Å². The number of carbonyl (C=O) groups is 2. The van der Waals surface area contributed by atoms with Crippen molar-refractivity contribution in [2.24, 2.45) is 0 Å². The van der Waals surface area contributed by atoms with Gasteiger partial charge >= 0.3 is 19.5 Å². The number of esters is 2. The van der Waals surface area contributed by atoms with Crippen molar-refractivity contribution in [3.63, 3.8) is 0 Å². The van der Waals surface area contributed by atoms with Gasteiger partial charge in [-0.1, -0.05) is 168 Å². The van der Waals surface area contributed by atoms with Gasteiger partial charge in [-0.3, -0.25) is 14.2 Å². The number of unbranched alkanes of at least 4 members (excludes halogenated alkanes) is 24. The van der Waals surface area contributed by atoms with Gasteiger partial charge in [0.15, 0.2) is 11.9 Å². The zero-order chi connectivity index (χ0) is 36.4. The average Bonchev–Trinajstić information content (AvgIpc) is 3.07. The van der Waals surface area contributed by atoms with Gasteiger partial charge in [-0.05, 0) is 12.8 Å². The zero-order valence-corrected chi connectivity index (χ0v) is 32.2. The van der Waals surface area contributed by atoms with Gasteiger partial charge in [-0.25, -0.2) is 0 Å². The third-order valence-electron chi connectivity index (χ3n) is 9.00. The number of carbonyl (C=O) groups excluding carboxylic acids is 2. The highest BCUT2D eigenvalue weighted by molar-refractivity contribution is 7.52. The van der Waals surface area contributed by atoms with Crippen LogP contribution in [0, 0.1) is 0 Å². The summed E-state index contributed by atoms with van der Waals surface area (Å²) in [5, 5.41) is 19.0. The molecule has 292 valence electrons. The van der Waals surface area contributed by atoms with Crippen LogP contribution in [0.4, 0.5) is 0 Å². The first-order valence-corrected chi connectivity index (χ1v) is 21.6. The van der Waals surface area contributed by atoms with E-state index in [0.29, 0.717) is 12.8 Å². The molecule has 0 aliphatic heterocycles. The van der Waals surface area contributed by atoms with Crippen molar-refractivity contribution in [3.8, 4) is 0 Å². The van der Waals surface area contributed by atoms with Crippen LogP contribution in [0.5, 0.6) is 0 Å². The summed E-state index contributed by atoms with van der Waals surface area (Å²) in [6.07, 6.45) is 28.4. The molecule has 11 heteroatoms. The van der Waals surface area contributed by atoms with Crippen molar-refractivity contribution in [3.05, 3.63) is 0 Å². The molecule has 0 aliphatic carbocycles. The number of ether oxygens (including phenoxy) is 3. The second kappa shape index (κ2) is 34.1. The van der Waals surface area contributed by atoms with Crippen LogP contribution in [-0.4, -0.2) is 69.8 Å². The minimum Gasteiger partial charge on any atom is -0.462 e. The first kappa shape index (κ1) is 48.0. The smallest absolute Gasteiger partial charge is 0.356 e. The number of hydrogen-bond donors (Lipinski definition) is 4. The summed E-state index contributed by atoms with van der Waals surface area (Å²) in [5.41, 5.74) is 0. The van der Waals surface area contributed by atoms with E-state index in [1.165, 1.54) is 116 Å². The zero-order valence-electron chi connectivity index (χ0n) is 31.3. The van der Waals surface area contributed by atoms with Gasteiger partial charge in [0.1, 0.15) is 12.7 Å². The van der Waals surface area contributed by atoms with Crippen molar-refractivity contribution in [1.82, 2.24) is 0 Å². The Labute approximate surface area is 299 Å². The van der Waals surface area contributed by atoms with Gasteiger partial charge in [0.25, 0.3) is 0 Å². The minimum atomic E-state index is -4.94. The molecule has 4 N–H and O–H groups in total. The number of aliphatic hydroxyl groups excluding tert-OH is 2. The molecule has 0 rings (SSSR count). The molecule has 0 aromatic heterocycles. The summed E-state index contributed by atoms with van der Waals surface area (Å²) in [7, 11) is -4.94. The van der Waals surface area contributed by atoms with Gasteiger partial charge in [0.2, 0.25) is 0 Å². The lowest BCUT2D eigenvalue weighted by molar-refractivity contribution is -0.164. The lowest BCUT2D eigenvalue weighted by Gasteiger charge is -2.25. The molecule has 49 heavy (non-hydrogen) atoms. The van der Waals surface area contributed by atoms with E-state index < -0.39 is 50.8 Å². The van der Waals surface area contributed by atoms with Gasteiger partial charge in [-0.15, -0.1) is 0 Å². The molecule has 0 bridgehead atoms. The molecule has 0 fully saturated rings. The third-order valence-corrected chi connectivity index (χ3v) is 10.2. The Morgan fingerprint density at radius 2 is 0.898 bits per heavy atom. The molecule has 0 heterocycles. The highest BCUT2D eigenvalue weighted by atomic mass is 31.2. The normalized spacial score (nSPS) is 13.7. The van der Waals surface area contributed by atoms with Crippen LogP contribution in [0.25, 0.3) is 0 Å². The van der Waals surface area contributed by atoms with E-state index in [9.17, 15) is 34.2 Å². The topological polar surface area (TPSA) is 160 Å². The predicted octanol–water partition coefficient (Wildman–Crippen LogP) is 9.28. The van der Waals surface area contributed by atoms with E-state index in [2.05, 4.69) is 13.8 Å². The van der Waals surface area contributed by atoms with Crippen LogP contribution in [0.1, 0.15) is 194 Å². The first-order valence-electron chi connectivity index (χ1n) is 20.0. The molecule has 10 nitrogen and oxygen atoms in total. The Morgan fingerprint density at radius 1 is 0.551 bits per heavy atom. The molecule has 0 amide bonds. The third kappa shape index (κ3) is 31.4. The molecule has 3 unspecified atom stereocenters. The van der Waals surface area contributed by atoms with E-state index in [1.54, 1.807) is 0 Å². The van der Waals surface area contributed by atoms with Gasteiger partial charge in [0.05, 0.1) is 13.2 Å². The molecule has 0 aromatic carbocycles. The van der Waals surface area contributed by atoms with Crippen LogP contribution >= 0.6 is 7.60 Å². The van der Waals surface area contributed by atoms with Crippen molar-refractivity contribution >= 4 is 19.5 Å². The largest absolute Gasteiger partial charge is 0.462 e. The van der Waals surface area contributed by atoms with Gasteiger partial charge in [0, 0.05) is 12.8 Å². The monoisotopic (exact) mass is 723 g/mol. The fourth-order valence-electron chi connectivity index (χ4n) is 5.92. The molecular weight excluding hydrogens is 647 g/mol. The van der Waals surface area contributed by atoms with Crippen LogP contribution < -0.4 is 0 Å². The Kier molecular flexibility index (Phi) is 33.4. The van der Waals surface area contributed by atoms with Gasteiger partial charge in [-0.2, -0.15) is 0 Å². The van der Waals surface area contributed by atoms with Crippen molar-refractivity contribution in [2.75, 3.05) is 19.8 Å². The SMILES string of the molecule is CCCCCCCCCCCCCCCC(=O)OCC(COC(C(O)CO)P(=O)(O)O)OC(=O)CCCCCCCCCCCCCCC. The molecule has 0 aromatic rings. The van der Waals surface area contributed by atoms with E-state index in [-0.39, 0.29) is 19.4 Å². The predicted molar refractivity (Wildman–Crippen MR) is 196 cm³/mol. The Hall–Kier alpha value is -1.03. The Balaban J connectivity index is 4.39. The summed E-state index contributed by atoms with van der Waals surface area (Å²) in [4.78, 5) is 44.1. The Morgan fingerprint density at radius 3 is 1.24 bits per heavy atom. The lowest BCUT2D eigenvalue weighted by Crippen LogP contribution is -2.37. The number of rotatable bonds is 37. The Bertz CT molecular complexity index is 805. The summed E-state index contributed by atoms with van der Waals surface area (Å²) in [5.74, 6) is -2.96. The molecule has 0 saturated heterocycles. The maximum Gasteiger partial charge on any atom is 0.356 e. The molecule has 0 aliphatic rings. The standard InChI is InChI=1S/C38H75O10P/c1-3-5-7-9-11-13-15-17-19-21-23-25-27-29-36(41)46-32-34(33-47-38(35(40)31-39)49(43,44)45)48-37(42)30-28-26-24-22-20-18-16-14-12-10-8-6-4-2/h34-35,38-40H,3-33H2,1-2H3,(H2,43,44,45). The van der Waals surface area contributed by atoms with E-state index in [0.717, 1.165) is 38.5 Å². The average molecular weight is 723 g/mol. The van der Waals surface area contributed by atoms with E-state index in [4.69, 9.17) is 14.2 Å². The summed E-state index contributed by atoms with van der Waals surface area (Å²) in [6, 6.07) is 0. The minimum absolute atomic E-state index is 0.169. The molecule has 0 spiro atoms. The second-order valence-corrected chi connectivity index (χ2v) is 15.5. The van der Waals surface area contributed by atoms with Crippen LogP contribution in [0.15, 0.2) is 0 Å². The molecule has 0 radical (unpaired) electrons. The van der Waals surface area contributed by atoms with E-state index >= 15 is 0 Å². The highest BCUT2D eigenvalue weighted by Crippen LogP contribution is 2.43. The van der Waals surface area contributed by atoms with Crippen molar-refractivity contribution in [1.29, 1.82) is 0 Å². The van der Waals surface area contributed by atoms with E-state index in [1.807, 2.05) is 0 Å². The van der Waals surface area contributed by atoms with Crippen LogP contribution in [0.3, 0.4) is 0 Å². The van der Waals surface area contributed by atoms with Crippen molar-refractivity contribution in [2.45, 2.75) is 212 Å². The second-order valence-electron chi connectivity index (χ2n) is 13.8. The maximum absolute atomic E-state index is 12.6.